The van der Waals surface area contributed by atoms with E-state index >= 15 is 0 Å². The second-order valence-electron chi connectivity index (χ2n) is 10.3. The monoisotopic (exact) mass is 529 g/mol. The van der Waals surface area contributed by atoms with Gasteiger partial charge < -0.3 is 9.47 Å². The number of hydrogen-bond donors (Lipinski definition) is 0. The minimum Gasteiger partial charge on any atom is -0.500 e. The molecular weight excluding hydrogens is 485 g/mol. The molecular formula is C32H45ClFNO2. The maximum absolute atomic E-state index is 13.6. The minimum absolute atomic E-state index is 0.251. The number of benzene rings is 2. The molecule has 0 amide bonds. The highest BCUT2D eigenvalue weighted by molar-refractivity contribution is 6.33. The fourth-order valence-corrected chi connectivity index (χ4v) is 5.63. The van der Waals surface area contributed by atoms with E-state index in [2.05, 4.69) is 58.3 Å². The minimum atomic E-state index is -0.251. The first kappa shape index (κ1) is 30.9. The molecule has 2 aromatic carbocycles. The van der Waals surface area contributed by atoms with E-state index in [9.17, 15) is 4.39 Å². The molecule has 0 radical (unpaired) electrons. The zero-order valence-electron chi connectivity index (χ0n) is 24.0. The standard InChI is InChI=1S/C18H18ClF.C14H27NO2/c1-3-12-9-13(20)10-17(19)18(12)16-8-7-11(2)14-5-4-6-15(14)16;1-8-11(4)13(10(2)3)14(17-7)15-9-12(5)16-6/h7-10H,3-6H2,1-2H3;10-11,13H,5,8-9H2,1-4,6-7H3. The fraction of sp³-hybridized carbons (Fsp3) is 0.531. The maximum Gasteiger partial charge on any atom is 0.187 e. The Hall–Kier alpha value is -2.33. The van der Waals surface area contributed by atoms with Gasteiger partial charge in [0.25, 0.3) is 0 Å². The third-order valence-electron chi connectivity index (χ3n) is 7.48. The van der Waals surface area contributed by atoms with Gasteiger partial charge in [0.1, 0.15) is 11.6 Å². The van der Waals surface area contributed by atoms with Gasteiger partial charge in [0.2, 0.25) is 0 Å². The van der Waals surface area contributed by atoms with Gasteiger partial charge in [-0.3, -0.25) is 0 Å². The van der Waals surface area contributed by atoms with Crippen molar-refractivity contribution in [2.24, 2.45) is 22.7 Å². The van der Waals surface area contributed by atoms with E-state index in [1.54, 1.807) is 20.3 Å². The van der Waals surface area contributed by atoms with Gasteiger partial charge in [-0.2, -0.15) is 0 Å². The molecule has 37 heavy (non-hydrogen) atoms. The number of ether oxygens (including phenoxy) is 2. The van der Waals surface area contributed by atoms with Crippen molar-refractivity contribution >= 4 is 17.5 Å². The molecule has 0 fully saturated rings. The van der Waals surface area contributed by atoms with Gasteiger partial charge in [0.05, 0.1) is 25.8 Å². The van der Waals surface area contributed by atoms with Crippen molar-refractivity contribution in [3.8, 4) is 11.1 Å². The summed E-state index contributed by atoms with van der Waals surface area (Å²) < 4.78 is 24.0. The predicted octanol–water partition coefficient (Wildman–Crippen LogP) is 9.02. The molecule has 0 bridgehead atoms. The van der Waals surface area contributed by atoms with E-state index in [4.69, 9.17) is 21.1 Å². The van der Waals surface area contributed by atoms with E-state index in [-0.39, 0.29) is 5.82 Å². The molecule has 0 spiro atoms. The largest absolute Gasteiger partial charge is 0.500 e. The highest BCUT2D eigenvalue weighted by atomic mass is 35.5. The van der Waals surface area contributed by atoms with Crippen molar-refractivity contribution in [2.45, 2.75) is 73.6 Å². The van der Waals surface area contributed by atoms with Gasteiger partial charge in [-0.15, -0.1) is 0 Å². The number of methoxy groups -OCH3 is 2. The van der Waals surface area contributed by atoms with Gasteiger partial charge in [0, 0.05) is 11.5 Å². The van der Waals surface area contributed by atoms with Crippen LogP contribution in [0.1, 0.15) is 69.7 Å². The van der Waals surface area contributed by atoms with E-state index in [1.165, 1.54) is 34.7 Å². The molecule has 1 aliphatic carbocycles. The molecule has 1 aliphatic rings. The quantitative estimate of drug-likeness (QED) is 0.184. The van der Waals surface area contributed by atoms with Gasteiger partial charge in [-0.05, 0) is 84.4 Å². The molecule has 0 saturated heterocycles. The molecule has 2 atom stereocenters. The van der Waals surface area contributed by atoms with Crippen LogP contribution < -0.4 is 0 Å². The van der Waals surface area contributed by atoms with E-state index in [0.29, 0.717) is 35.1 Å². The van der Waals surface area contributed by atoms with Gasteiger partial charge >= 0.3 is 0 Å². The summed E-state index contributed by atoms with van der Waals surface area (Å²) >= 11 is 6.35. The Morgan fingerprint density at radius 1 is 1.08 bits per heavy atom. The molecule has 2 aromatic rings. The molecule has 3 rings (SSSR count). The van der Waals surface area contributed by atoms with E-state index in [0.717, 1.165) is 42.7 Å². The summed E-state index contributed by atoms with van der Waals surface area (Å²) in [7, 11) is 3.30. The van der Waals surface area contributed by atoms with Gasteiger partial charge in [-0.1, -0.05) is 71.4 Å². The molecule has 0 heterocycles. The van der Waals surface area contributed by atoms with Crippen LogP contribution in [0.15, 0.2) is 41.6 Å². The number of nitrogens with zero attached hydrogens (tertiary/aromatic N) is 1. The van der Waals surface area contributed by atoms with E-state index in [1.807, 2.05) is 6.92 Å². The molecule has 0 saturated carbocycles. The summed E-state index contributed by atoms with van der Waals surface area (Å²) in [5, 5.41) is 0.528. The molecule has 2 unspecified atom stereocenters. The van der Waals surface area contributed by atoms with Crippen molar-refractivity contribution in [3.63, 3.8) is 0 Å². The van der Waals surface area contributed by atoms with Crippen LogP contribution in [-0.2, 0) is 28.7 Å². The summed E-state index contributed by atoms with van der Waals surface area (Å²) in [4.78, 5) is 4.47. The summed E-state index contributed by atoms with van der Waals surface area (Å²) in [5.41, 5.74) is 7.45. The van der Waals surface area contributed by atoms with Crippen molar-refractivity contribution in [1.82, 2.24) is 0 Å². The number of aryl methyl sites for hydroxylation is 2. The lowest BCUT2D eigenvalue weighted by Crippen LogP contribution is -2.28. The Morgan fingerprint density at radius 2 is 1.76 bits per heavy atom. The van der Waals surface area contributed by atoms with Crippen LogP contribution in [0.25, 0.3) is 11.1 Å². The third-order valence-corrected chi connectivity index (χ3v) is 7.77. The third kappa shape index (κ3) is 7.83. The summed E-state index contributed by atoms with van der Waals surface area (Å²) in [6.07, 6.45) is 5.36. The highest BCUT2D eigenvalue weighted by Gasteiger charge is 2.26. The smallest absolute Gasteiger partial charge is 0.187 e. The van der Waals surface area contributed by atoms with Crippen LogP contribution in [-0.4, -0.2) is 26.7 Å². The second-order valence-corrected chi connectivity index (χ2v) is 10.7. The van der Waals surface area contributed by atoms with Crippen LogP contribution in [0, 0.1) is 30.5 Å². The average Bonchev–Trinajstić information content (AvgIpc) is 3.37. The molecule has 5 heteroatoms. The lowest BCUT2D eigenvalue weighted by atomic mass is 9.82. The zero-order chi connectivity index (χ0) is 27.7. The van der Waals surface area contributed by atoms with Crippen molar-refractivity contribution < 1.29 is 13.9 Å². The maximum atomic E-state index is 13.6. The fourth-order valence-electron chi connectivity index (χ4n) is 5.30. The number of hydrogen-bond acceptors (Lipinski definition) is 3. The average molecular weight is 530 g/mol. The molecule has 0 aliphatic heterocycles. The predicted molar refractivity (Wildman–Crippen MR) is 156 cm³/mol. The Morgan fingerprint density at radius 3 is 2.32 bits per heavy atom. The Kier molecular flexibility index (Phi) is 12.2. The molecule has 0 aromatic heterocycles. The molecule has 204 valence electrons. The van der Waals surface area contributed by atoms with Crippen molar-refractivity contribution in [2.75, 3.05) is 20.8 Å². The van der Waals surface area contributed by atoms with Crippen LogP contribution in [0.2, 0.25) is 5.02 Å². The highest BCUT2D eigenvalue weighted by Crippen LogP contribution is 2.40. The van der Waals surface area contributed by atoms with Crippen molar-refractivity contribution in [3.05, 3.63) is 69.7 Å². The van der Waals surface area contributed by atoms with Crippen molar-refractivity contribution in [1.29, 1.82) is 0 Å². The lowest BCUT2D eigenvalue weighted by molar-refractivity contribution is 0.267. The first-order valence-corrected chi connectivity index (χ1v) is 13.9. The summed E-state index contributed by atoms with van der Waals surface area (Å²) in [6, 6.07) is 7.36. The molecule has 0 N–H and O–H groups in total. The Balaban J connectivity index is 0.000000265. The van der Waals surface area contributed by atoms with Crippen LogP contribution in [0.3, 0.4) is 0 Å². The first-order valence-electron chi connectivity index (χ1n) is 13.5. The number of halogens is 2. The van der Waals surface area contributed by atoms with Gasteiger partial charge in [0.15, 0.2) is 5.90 Å². The normalized spacial score (nSPS) is 14.5. The van der Waals surface area contributed by atoms with Crippen LogP contribution >= 0.6 is 11.6 Å². The van der Waals surface area contributed by atoms with E-state index < -0.39 is 0 Å². The second kappa shape index (κ2) is 14.6. The summed E-state index contributed by atoms with van der Waals surface area (Å²) in [5.74, 6) is 2.65. The lowest BCUT2D eigenvalue weighted by Gasteiger charge is -2.27. The van der Waals surface area contributed by atoms with Crippen LogP contribution in [0.5, 0.6) is 0 Å². The number of aliphatic imine (C=N–C) groups is 1. The number of rotatable bonds is 9. The SMILES string of the molecule is C=C(CN=C(OC)C(C(C)C)C(C)CC)OC.CCc1cc(F)cc(Cl)c1-c1ccc(C)c2c1CCC2. The Labute approximate surface area is 229 Å². The molecule has 3 nitrogen and oxygen atoms in total. The Bertz CT molecular complexity index is 1090. The van der Waals surface area contributed by atoms with Gasteiger partial charge in [-0.25, -0.2) is 9.38 Å². The summed E-state index contributed by atoms with van der Waals surface area (Å²) in [6.45, 7) is 17.3. The number of fused-ring (bicyclic) bond motifs is 1. The first-order chi connectivity index (χ1) is 17.6. The zero-order valence-corrected chi connectivity index (χ0v) is 24.8. The van der Waals surface area contributed by atoms with Crippen LogP contribution in [0.4, 0.5) is 4.39 Å². The topological polar surface area (TPSA) is 30.8 Å².